The summed E-state index contributed by atoms with van der Waals surface area (Å²) in [6.45, 7) is 6.34. The summed E-state index contributed by atoms with van der Waals surface area (Å²) in [6.07, 6.45) is 0. The summed E-state index contributed by atoms with van der Waals surface area (Å²) in [6, 6.07) is 8.31. The van der Waals surface area contributed by atoms with Crippen molar-refractivity contribution in [3.8, 4) is 11.4 Å². The summed E-state index contributed by atoms with van der Waals surface area (Å²) in [4.78, 5) is 6.49. The van der Waals surface area contributed by atoms with Gasteiger partial charge in [-0.25, -0.2) is 0 Å². The lowest BCUT2D eigenvalue weighted by Crippen LogP contribution is -2.21. The second-order valence-electron chi connectivity index (χ2n) is 3.73. The number of aromatic amines is 2. The Hall–Kier alpha value is -1.62. The van der Waals surface area contributed by atoms with E-state index < -0.39 is 0 Å². The molecular formula is C12H16N4S. The van der Waals surface area contributed by atoms with Crippen LogP contribution in [0.2, 0.25) is 0 Å². The molecule has 4 nitrogen and oxygen atoms in total. The molecule has 0 saturated heterocycles. The Labute approximate surface area is 106 Å². The van der Waals surface area contributed by atoms with Gasteiger partial charge in [-0.15, -0.1) is 0 Å². The molecule has 1 aromatic heterocycles. The third kappa shape index (κ3) is 2.55. The van der Waals surface area contributed by atoms with Crippen molar-refractivity contribution < 1.29 is 0 Å². The molecule has 0 aliphatic heterocycles. The topological polar surface area (TPSA) is 47.7 Å². The first-order chi connectivity index (χ1) is 8.24. The van der Waals surface area contributed by atoms with Gasteiger partial charge in [0, 0.05) is 24.3 Å². The predicted octanol–water partition coefficient (Wildman–Crippen LogP) is 2.98. The van der Waals surface area contributed by atoms with Gasteiger partial charge in [0.05, 0.1) is 0 Å². The number of hydrogen-bond donors (Lipinski definition) is 2. The van der Waals surface area contributed by atoms with Crippen LogP contribution in [0.1, 0.15) is 13.8 Å². The Kier molecular flexibility index (Phi) is 3.58. The van der Waals surface area contributed by atoms with Gasteiger partial charge in [-0.2, -0.15) is 4.98 Å². The number of anilines is 1. The lowest BCUT2D eigenvalue weighted by Gasteiger charge is -2.20. The summed E-state index contributed by atoms with van der Waals surface area (Å²) < 4.78 is 0.479. The zero-order valence-corrected chi connectivity index (χ0v) is 10.8. The van der Waals surface area contributed by atoms with E-state index in [2.05, 4.69) is 58.2 Å². The summed E-state index contributed by atoms with van der Waals surface area (Å²) in [5.41, 5.74) is 2.26. The summed E-state index contributed by atoms with van der Waals surface area (Å²) in [5.74, 6) is 0.779. The number of nitrogens with zero attached hydrogens (tertiary/aromatic N) is 2. The minimum absolute atomic E-state index is 0.479. The summed E-state index contributed by atoms with van der Waals surface area (Å²) >= 11 is 4.93. The Morgan fingerprint density at radius 1 is 1.12 bits per heavy atom. The van der Waals surface area contributed by atoms with Crippen LogP contribution in [0.3, 0.4) is 0 Å². The molecule has 17 heavy (non-hydrogen) atoms. The Morgan fingerprint density at radius 2 is 1.76 bits per heavy atom. The molecule has 0 aliphatic carbocycles. The normalized spacial score (nSPS) is 10.5. The molecule has 0 atom stereocenters. The predicted molar refractivity (Wildman–Crippen MR) is 72.8 cm³/mol. The molecule has 1 aromatic carbocycles. The maximum Gasteiger partial charge on any atom is 0.213 e. The monoisotopic (exact) mass is 248 g/mol. The number of nitrogens with one attached hydrogen (secondary N) is 2. The quantitative estimate of drug-likeness (QED) is 0.818. The fraction of sp³-hybridized carbons (Fsp3) is 0.333. The molecule has 0 bridgehead atoms. The van der Waals surface area contributed by atoms with E-state index in [9.17, 15) is 0 Å². The Morgan fingerprint density at radius 3 is 2.24 bits per heavy atom. The van der Waals surface area contributed by atoms with Crippen molar-refractivity contribution in [2.24, 2.45) is 0 Å². The van der Waals surface area contributed by atoms with Crippen molar-refractivity contribution in [2.75, 3.05) is 18.0 Å². The minimum Gasteiger partial charge on any atom is -0.372 e. The van der Waals surface area contributed by atoms with E-state index in [0.29, 0.717) is 4.77 Å². The molecule has 0 unspecified atom stereocenters. The standard InChI is InChI=1S/C12H16N4S/c1-3-16(4-2)10-7-5-9(6-8-10)11-13-12(17)15-14-11/h5-8H,3-4H2,1-2H3,(H2,13,14,15,17). The van der Waals surface area contributed by atoms with E-state index in [1.807, 2.05) is 0 Å². The van der Waals surface area contributed by atoms with Crippen LogP contribution in [0.4, 0.5) is 5.69 Å². The van der Waals surface area contributed by atoms with Crippen molar-refractivity contribution in [1.82, 2.24) is 15.2 Å². The lowest BCUT2D eigenvalue weighted by atomic mass is 10.2. The van der Waals surface area contributed by atoms with Gasteiger partial charge >= 0.3 is 0 Å². The lowest BCUT2D eigenvalue weighted by molar-refractivity contribution is 0.866. The number of rotatable bonds is 4. The van der Waals surface area contributed by atoms with Gasteiger partial charge in [0.15, 0.2) is 5.82 Å². The van der Waals surface area contributed by atoms with Crippen LogP contribution in [-0.2, 0) is 0 Å². The number of aromatic nitrogens is 3. The maximum atomic E-state index is 4.93. The van der Waals surface area contributed by atoms with E-state index >= 15 is 0 Å². The van der Waals surface area contributed by atoms with E-state index in [4.69, 9.17) is 12.2 Å². The second-order valence-corrected chi connectivity index (χ2v) is 4.12. The third-order valence-electron chi connectivity index (χ3n) is 2.77. The number of hydrogen-bond acceptors (Lipinski definition) is 3. The molecule has 0 saturated carbocycles. The van der Waals surface area contributed by atoms with Gasteiger partial charge in [-0.3, -0.25) is 10.2 Å². The highest BCUT2D eigenvalue weighted by Gasteiger charge is 2.04. The molecule has 0 aliphatic rings. The first kappa shape index (κ1) is 11.9. The molecule has 0 amide bonds. The highest BCUT2D eigenvalue weighted by atomic mass is 32.1. The van der Waals surface area contributed by atoms with E-state index in [-0.39, 0.29) is 0 Å². The van der Waals surface area contributed by atoms with E-state index in [0.717, 1.165) is 24.5 Å². The Bertz CT molecular complexity index is 522. The molecule has 2 rings (SSSR count). The second kappa shape index (κ2) is 5.14. The molecule has 90 valence electrons. The van der Waals surface area contributed by atoms with Crippen LogP contribution in [0.15, 0.2) is 24.3 Å². The average Bonchev–Trinajstić information content (AvgIpc) is 2.78. The molecule has 0 fully saturated rings. The van der Waals surface area contributed by atoms with Crippen LogP contribution in [-0.4, -0.2) is 28.3 Å². The smallest absolute Gasteiger partial charge is 0.213 e. The summed E-state index contributed by atoms with van der Waals surface area (Å²) in [5, 5.41) is 5.74. The maximum absolute atomic E-state index is 4.93. The highest BCUT2D eigenvalue weighted by Crippen LogP contribution is 2.20. The van der Waals surface area contributed by atoms with Gasteiger partial charge in [0.1, 0.15) is 0 Å². The molecular weight excluding hydrogens is 232 g/mol. The SMILES string of the molecule is CCN(CC)c1ccc(-c2nc(=S)[nH][nH]2)cc1. The average molecular weight is 248 g/mol. The fourth-order valence-electron chi connectivity index (χ4n) is 1.83. The zero-order chi connectivity index (χ0) is 12.3. The Balaban J connectivity index is 2.26. The third-order valence-corrected chi connectivity index (χ3v) is 2.96. The van der Waals surface area contributed by atoms with Crippen LogP contribution >= 0.6 is 12.2 Å². The van der Waals surface area contributed by atoms with E-state index in [1.54, 1.807) is 0 Å². The van der Waals surface area contributed by atoms with E-state index in [1.165, 1.54) is 5.69 Å². The van der Waals surface area contributed by atoms with Crippen molar-refractivity contribution in [3.63, 3.8) is 0 Å². The minimum atomic E-state index is 0.479. The van der Waals surface area contributed by atoms with Crippen LogP contribution in [0.25, 0.3) is 11.4 Å². The van der Waals surface area contributed by atoms with Crippen molar-refractivity contribution in [3.05, 3.63) is 29.0 Å². The van der Waals surface area contributed by atoms with Crippen molar-refractivity contribution in [2.45, 2.75) is 13.8 Å². The molecule has 2 aromatic rings. The first-order valence-corrected chi connectivity index (χ1v) is 6.15. The van der Waals surface area contributed by atoms with Crippen molar-refractivity contribution in [1.29, 1.82) is 0 Å². The molecule has 0 radical (unpaired) electrons. The van der Waals surface area contributed by atoms with Crippen LogP contribution in [0.5, 0.6) is 0 Å². The van der Waals surface area contributed by atoms with Gasteiger partial charge < -0.3 is 4.90 Å². The molecule has 5 heteroatoms. The summed E-state index contributed by atoms with van der Waals surface area (Å²) in [7, 11) is 0. The largest absolute Gasteiger partial charge is 0.372 e. The first-order valence-electron chi connectivity index (χ1n) is 5.74. The highest BCUT2D eigenvalue weighted by molar-refractivity contribution is 7.71. The fourth-order valence-corrected chi connectivity index (χ4v) is 1.97. The van der Waals surface area contributed by atoms with Gasteiger partial charge in [-0.1, -0.05) is 0 Å². The number of benzene rings is 1. The molecule has 0 spiro atoms. The number of H-pyrrole nitrogens is 2. The van der Waals surface area contributed by atoms with Gasteiger partial charge in [0.2, 0.25) is 4.77 Å². The van der Waals surface area contributed by atoms with Gasteiger partial charge in [-0.05, 0) is 50.3 Å². The van der Waals surface area contributed by atoms with Crippen LogP contribution < -0.4 is 4.90 Å². The molecule has 2 N–H and O–H groups in total. The van der Waals surface area contributed by atoms with Gasteiger partial charge in [0.25, 0.3) is 0 Å². The van der Waals surface area contributed by atoms with Crippen LogP contribution in [0, 0.1) is 4.77 Å². The molecule has 1 heterocycles. The zero-order valence-electron chi connectivity index (χ0n) is 10.0. The van der Waals surface area contributed by atoms with Crippen molar-refractivity contribution >= 4 is 17.9 Å².